The van der Waals surface area contributed by atoms with Crippen LogP contribution in [0.15, 0.2) is 18.2 Å². The fourth-order valence-electron chi connectivity index (χ4n) is 1.69. The summed E-state index contributed by atoms with van der Waals surface area (Å²) in [5.41, 5.74) is 13.6. The van der Waals surface area contributed by atoms with Crippen LogP contribution in [0.4, 0.5) is 9.52 Å². The summed E-state index contributed by atoms with van der Waals surface area (Å²) in [4.78, 5) is 5.34. The second-order valence-corrected chi connectivity index (χ2v) is 4.94. The van der Waals surface area contributed by atoms with E-state index in [4.69, 9.17) is 11.5 Å². The molecule has 0 aliphatic heterocycles. The van der Waals surface area contributed by atoms with E-state index in [-0.39, 0.29) is 5.82 Å². The zero-order chi connectivity index (χ0) is 12.4. The van der Waals surface area contributed by atoms with E-state index in [0.717, 1.165) is 22.6 Å². The second kappa shape index (κ2) is 4.81. The predicted molar refractivity (Wildman–Crippen MR) is 69.4 cm³/mol. The number of thiazole rings is 1. The topological polar surface area (TPSA) is 64.9 Å². The number of nitrogen functional groups attached to an aromatic ring is 1. The number of nitrogens with zero attached hydrogens (tertiary/aromatic N) is 1. The van der Waals surface area contributed by atoms with Gasteiger partial charge in [-0.2, -0.15) is 0 Å². The average molecular weight is 251 g/mol. The van der Waals surface area contributed by atoms with Crippen molar-refractivity contribution in [1.82, 2.24) is 4.98 Å². The first-order valence-electron chi connectivity index (χ1n) is 5.33. The Labute approximate surface area is 103 Å². The number of nitrogens with two attached hydrogens (primary N) is 2. The molecular formula is C12H14FN3S. The monoisotopic (exact) mass is 251 g/mol. The van der Waals surface area contributed by atoms with Crippen molar-refractivity contribution < 1.29 is 4.39 Å². The van der Waals surface area contributed by atoms with Crippen LogP contribution < -0.4 is 11.5 Å². The van der Waals surface area contributed by atoms with Crippen molar-refractivity contribution in [3.63, 3.8) is 0 Å². The average Bonchev–Trinajstić information content (AvgIpc) is 2.64. The second-order valence-electron chi connectivity index (χ2n) is 3.83. The minimum atomic E-state index is -0.211. The molecule has 17 heavy (non-hydrogen) atoms. The third-order valence-electron chi connectivity index (χ3n) is 2.52. The molecular weight excluding hydrogens is 237 g/mol. The lowest BCUT2D eigenvalue weighted by Crippen LogP contribution is -2.02. The van der Waals surface area contributed by atoms with Crippen LogP contribution in [0.1, 0.15) is 10.4 Å². The number of hydrogen-bond acceptors (Lipinski definition) is 4. The fraction of sp³-hybridized carbons (Fsp3) is 0.250. The Morgan fingerprint density at radius 2 is 2.18 bits per heavy atom. The first-order valence-corrected chi connectivity index (χ1v) is 6.15. The van der Waals surface area contributed by atoms with Crippen molar-refractivity contribution in [3.05, 3.63) is 34.5 Å². The van der Waals surface area contributed by atoms with Gasteiger partial charge in [0.25, 0.3) is 0 Å². The SMILES string of the molecule is Cc1cc(-c2nc(N)sc2CCN)ccc1F. The normalized spacial score (nSPS) is 10.8. The van der Waals surface area contributed by atoms with Gasteiger partial charge in [-0.3, -0.25) is 0 Å². The lowest BCUT2D eigenvalue weighted by Gasteiger charge is -2.03. The highest BCUT2D eigenvalue weighted by Gasteiger charge is 2.12. The van der Waals surface area contributed by atoms with Crippen LogP contribution in [0.5, 0.6) is 0 Å². The molecule has 1 aromatic heterocycles. The largest absolute Gasteiger partial charge is 0.375 e. The smallest absolute Gasteiger partial charge is 0.180 e. The van der Waals surface area contributed by atoms with E-state index in [2.05, 4.69) is 4.98 Å². The molecule has 4 N–H and O–H groups in total. The lowest BCUT2D eigenvalue weighted by atomic mass is 10.1. The maximum Gasteiger partial charge on any atom is 0.180 e. The van der Waals surface area contributed by atoms with Gasteiger partial charge in [-0.15, -0.1) is 11.3 Å². The first-order chi connectivity index (χ1) is 8.11. The van der Waals surface area contributed by atoms with Crippen molar-refractivity contribution in [2.45, 2.75) is 13.3 Å². The van der Waals surface area contributed by atoms with Crippen LogP contribution in [0, 0.1) is 12.7 Å². The van der Waals surface area contributed by atoms with Crippen molar-refractivity contribution in [2.75, 3.05) is 12.3 Å². The quantitative estimate of drug-likeness (QED) is 0.880. The van der Waals surface area contributed by atoms with Crippen LogP contribution >= 0.6 is 11.3 Å². The molecule has 0 saturated heterocycles. The molecule has 0 amide bonds. The van der Waals surface area contributed by atoms with Crippen LogP contribution in [0.2, 0.25) is 0 Å². The number of hydrogen-bond donors (Lipinski definition) is 2. The van der Waals surface area contributed by atoms with Crippen molar-refractivity contribution in [3.8, 4) is 11.3 Å². The molecule has 5 heteroatoms. The van der Waals surface area contributed by atoms with Gasteiger partial charge in [0.05, 0.1) is 5.69 Å². The minimum absolute atomic E-state index is 0.211. The Bertz CT molecular complexity index is 537. The molecule has 1 heterocycles. The Balaban J connectivity index is 2.47. The summed E-state index contributed by atoms with van der Waals surface area (Å²) < 4.78 is 13.2. The van der Waals surface area contributed by atoms with Gasteiger partial charge in [0.15, 0.2) is 5.13 Å². The Hall–Kier alpha value is -1.46. The zero-order valence-corrected chi connectivity index (χ0v) is 10.4. The summed E-state index contributed by atoms with van der Waals surface area (Å²) in [5.74, 6) is -0.211. The first kappa shape index (κ1) is 12.0. The number of aromatic nitrogens is 1. The van der Waals surface area contributed by atoms with Crippen LogP contribution in [0.25, 0.3) is 11.3 Å². The summed E-state index contributed by atoms with van der Waals surface area (Å²) in [5, 5.41) is 0.519. The molecule has 0 fully saturated rings. The lowest BCUT2D eigenvalue weighted by molar-refractivity contribution is 0.619. The van der Waals surface area contributed by atoms with Gasteiger partial charge in [0, 0.05) is 10.4 Å². The van der Waals surface area contributed by atoms with E-state index >= 15 is 0 Å². The summed E-state index contributed by atoms with van der Waals surface area (Å²) in [6, 6.07) is 4.95. The van der Waals surface area contributed by atoms with Gasteiger partial charge in [-0.05, 0) is 43.7 Å². The predicted octanol–water partition coefficient (Wildman–Crippen LogP) is 2.34. The number of anilines is 1. The third-order valence-corrected chi connectivity index (χ3v) is 3.46. The fourth-order valence-corrected chi connectivity index (χ4v) is 2.56. The Kier molecular flexibility index (Phi) is 3.40. The van der Waals surface area contributed by atoms with E-state index in [1.807, 2.05) is 0 Å². The molecule has 0 aliphatic carbocycles. The molecule has 2 aromatic rings. The third kappa shape index (κ3) is 2.45. The molecule has 1 aromatic carbocycles. The highest BCUT2D eigenvalue weighted by Crippen LogP contribution is 2.30. The summed E-state index contributed by atoms with van der Waals surface area (Å²) in [7, 11) is 0. The molecule has 0 saturated carbocycles. The van der Waals surface area contributed by atoms with E-state index in [1.165, 1.54) is 17.4 Å². The molecule has 0 aliphatic rings. The number of rotatable bonds is 3. The van der Waals surface area contributed by atoms with Crippen LogP contribution in [-0.4, -0.2) is 11.5 Å². The van der Waals surface area contributed by atoms with Crippen LogP contribution in [0.3, 0.4) is 0 Å². The molecule has 0 bridgehead atoms. The number of aryl methyl sites for hydroxylation is 1. The van der Waals surface area contributed by atoms with Gasteiger partial charge in [0.2, 0.25) is 0 Å². The van der Waals surface area contributed by atoms with E-state index in [9.17, 15) is 4.39 Å². The molecule has 0 spiro atoms. The van der Waals surface area contributed by atoms with E-state index in [0.29, 0.717) is 17.2 Å². The van der Waals surface area contributed by atoms with Gasteiger partial charge in [-0.25, -0.2) is 9.37 Å². The van der Waals surface area contributed by atoms with Gasteiger partial charge >= 0.3 is 0 Å². The van der Waals surface area contributed by atoms with Crippen LogP contribution in [-0.2, 0) is 6.42 Å². The highest BCUT2D eigenvalue weighted by molar-refractivity contribution is 7.15. The van der Waals surface area contributed by atoms with Crippen molar-refractivity contribution in [2.24, 2.45) is 5.73 Å². The zero-order valence-electron chi connectivity index (χ0n) is 9.53. The van der Waals surface area contributed by atoms with E-state index in [1.54, 1.807) is 19.1 Å². The molecule has 2 rings (SSSR count). The maximum atomic E-state index is 13.2. The van der Waals surface area contributed by atoms with E-state index < -0.39 is 0 Å². The van der Waals surface area contributed by atoms with Gasteiger partial charge < -0.3 is 11.5 Å². The molecule has 0 unspecified atom stereocenters. The molecule has 3 nitrogen and oxygen atoms in total. The molecule has 90 valence electrons. The summed E-state index contributed by atoms with van der Waals surface area (Å²) in [6.45, 7) is 2.28. The summed E-state index contributed by atoms with van der Waals surface area (Å²) in [6.07, 6.45) is 0.737. The van der Waals surface area contributed by atoms with Gasteiger partial charge in [-0.1, -0.05) is 0 Å². The van der Waals surface area contributed by atoms with Crippen molar-refractivity contribution in [1.29, 1.82) is 0 Å². The molecule has 0 atom stereocenters. The standard InChI is InChI=1S/C12H14FN3S/c1-7-6-8(2-3-9(7)13)11-10(4-5-14)17-12(15)16-11/h2-3,6H,4-5,14H2,1H3,(H2,15,16). The number of benzene rings is 1. The summed E-state index contributed by atoms with van der Waals surface area (Å²) >= 11 is 1.44. The molecule has 0 radical (unpaired) electrons. The maximum absolute atomic E-state index is 13.2. The Morgan fingerprint density at radius 1 is 1.41 bits per heavy atom. The van der Waals surface area contributed by atoms with Gasteiger partial charge in [0.1, 0.15) is 5.82 Å². The van der Waals surface area contributed by atoms with Crippen molar-refractivity contribution >= 4 is 16.5 Å². The number of halogens is 1. The highest BCUT2D eigenvalue weighted by atomic mass is 32.1. The Morgan fingerprint density at radius 3 is 2.82 bits per heavy atom. The minimum Gasteiger partial charge on any atom is -0.375 e.